The van der Waals surface area contributed by atoms with Crippen molar-refractivity contribution in [3.05, 3.63) is 71.6 Å². The fraction of sp³-hybridized carbons (Fsp3) is 0.235. The second-order valence-electron chi connectivity index (χ2n) is 3.92. The van der Waals surface area contributed by atoms with Crippen molar-refractivity contribution in [2.75, 3.05) is 0 Å². The first-order valence-electron chi connectivity index (χ1n) is 6.97. The van der Waals surface area contributed by atoms with Crippen LogP contribution in [0.15, 0.2) is 60.5 Å². The van der Waals surface area contributed by atoms with Gasteiger partial charge in [-0.2, -0.15) is 0 Å². The normalized spacial score (nSPS) is 11.2. The topological polar surface area (TPSA) is 81.1 Å². The van der Waals surface area contributed by atoms with E-state index in [-0.39, 0.29) is 5.91 Å². The molecule has 1 amide bonds. The molecule has 114 valence electrons. The van der Waals surface area contributed by atoms with Crippen LogP contribution in [0.5, 0.6) is 0 Å². The van der Waals surface area contributed by atoms with Gasteiger partial charge in [0, 0.05) is 12.1 Å². The van der Waals surface area contributed by atoms with E-state index in [2.05, 4.69) is 11.9 Å². The summed E-state index contributed by atoms with van der Waals surface area (Å²) in [5, 5.41) is 2.75. The zero-order chi connectivity index (χ0) is 16.3. The van der Waals surface area contributed by atoms with Crippen molar-refractivity contribution < 1.29 is 4.79 Å². The molecule has 0 aliphatic rings. The first-order chi connectivity index (χ1) is 10.1. The standard InChI is InChI=1S/C15H19N3O.C2H6/c1-3-5-13(17)14(4-2)18-15(19)12-8-6-11(10-16)7-9-12;1-2/h3-9H,1,10,16-17H2,2H3,(H,18,19);1-2H3/b13-5+,14-4+;. The lowest BCUT2D eigenvalue weighted by Crippen LogP contribution is -2.26. The van der Waals surface area contributed by atoms with Gasteiger partial charge in [-0.3, -0.25) is 4.79 Å². The van der Waals surface area contributed by atoms with E-state index in [1.165, 1.54) is 0 Å². The molecule has 0 heterocycles. The van der Waals surface area contributed by atoms with Crippen molar-refractivity contribution in [2.24, 2.45) is 11.5 Å². The van der Waals surface area contributed by atoms with Crippen LogP contribution in [0.4, 0.5) is 0 Å². The quantitative estimate of drug-likeness (QED) is 0.728. The summed E-state index contributed by atoms with van der Waals surface area (Å²) in [6.07, 6.45) is 4.94. The molecule has 0 saturated carbocycles. The highest BCUT2D eigenvalue weighted by atomic mass is 16.1. The van der Waals surface area contributed by atoms with Crippen molar-refractivity contribution in [3.8, 4) is 0 Å². The van der Waals surface area contributed by atoms with Gasteiger partial charge in [0.2, 0.25) is 0 Å². The molecule has 0 unspecified atom stereocenters. The maximum absolute atomic E-state index is 12.0. The third-order valence-corrected chi connectivity index (χ3v) is 2.60. The second-order valence-corrected chi connectivity index (χ2v) is 3.92. The summed E-state index contributed by atoms with van der Waals surface area (Å²) in [7, 11) is 0. The summed E-state index contributed by atoms with van der Waals surface area (Å²) in [5.41, 5.74) is 13.9. The van der Waals surface area contributed by atoms with Gasteiger partial charge in [-0.05, 0) is 30.7 Å². The zero-order valence-electron chi connectivity index (χ0n) is 13.0. The third-order valence-electron chi connectivity index (χ3n) is 2.60. The lowest BCUT2D eigenvalue weighted by atomic mass is 10.1. The van der Waals surface area contributed by atoms with Gasteiger partial charge in [0.1, 0.15) is 0 Å². The lowest BCUT2D eigenvalue weighted by molar-refractivity contribution is 0.0966. The summed E-state index contributed by atoms with van der Waals surface area (Å²) in [5.74, 6) is -0.211. The van der Waals surface area contributed by atoms with Crippen molar-refractivity contribution in [2.45, 2.75) is 27.3 Å². The monoisotopic (exact) mass is 287 g/mol. The molecule has 0 fully saturated rings. The summed E-state index contributed by atoms with van der Waals surface area (Å²) in [4.78, 5) is 12.0. The average molecular weight is 287 g/mol. The summed E-state index contributed by atoms with van der Waals surface area (Å²) in [6, 6.07) is 7.12. The van der Waals surface area contributed by atoms with Crippen LogP contribution in [0.2, 0.25) is 0 Å². The molecule has 0 aliphatic carbocycles. The highest BCUT2D eigenvalue weighted by Crippen LogP contribution is 2.06. The van der Waals surface area contributed by atoms with Crippen LogP contribution in [0.3, 0.4) is 0 Å². The summed E-state index contributed by atoms with van der Waals surface area (Å²) >= 11 is 0. The maximum atomic E-state index is 12.0. The number of hydrogen-bond donors (Lipinski definition) is 3. The molecule has 21 heavy (non-hydrogen) atoms. The van der Waals surface area contributed by atoms with Crippen LogP contribution in [0.25, 0.3) is 0 Å². The van der Waals surface area contributed by atoms with E-state index in [0.717, 1.165) is 5.56 Å². The number of carbonyl (C=O) groups is 1. The Morgan fingerprint density at radius 2 is 1.86 bits per heavy atom. The molecule has 0 bridgehead atoms. The fourth-order valence-electron chi connectivity index (χ4n) is 1.51. The molecule has 1 rings (SSSR count). The van der Waals surface area contributed by atoms with Gasteiger partial charge in [-0.1, -0.05) is 44.7 Å². The van der Waals surface area contributed by atoms with Crippen LogP contribution in [0.1, 0.15) is 36.7 Å². The van der Waals surface area contributed by atoms with E-state index in [1.807, 2.05) is 26.0 Å². The number of nitrogens with one attached hydrogen (secondary N) is 1. The maximum Gasteiger partial charge on any atom is 0.255 e. The Balaban J connectivity index is 0.00000191. The van der Waals surface area contributed by atoms with E-state index in [0.29, 0.717) is 23.5 Å². The Morgan fingerprint density at radius 1 is 1.29 bits per heavy atom. The van der Waals surface area contributed by atoms with E-state index in [1.54, 1.807) is 37.3 Å². The van der Waals surface area contributed by atoms with Gasteiger partial charge in [0.15, 0.2) is 0 Å². The average Bonchev–Trinajstić information content (AvgIpc) is 2.54. The molecule has 1 aromatic carbocycles. The largest absolute Gasteiger partial charge is 0.397 e. The van der Waals surface area contributed by atoms with Crippen LogP contribution in [0, 0.1) is 0 Å². The number of hydrogen-bond acceptors (Lipinski definition) is 3. The molecule has 0 saturated heterocycles. The minimum absolute atomic E-state index is 0.211. The minimum atomic E-state index is -0.211. The van der Waals surface area contributed by atoms with Crippen molar-refractivity contribution in [1.82, 2.24) is 5.32 Å². The summed E-state index contributed by atoms with van der Waals surface area (Å²) in [6.45, 7) is 9.82. The van der Waals surface area contributed by atoms with Crippen LogP contribution < -0.4 is 16.8 Å². The van der Waals surface area contributed by atoms with Gasteiger partial charge in [0.05, 0.1) is 11.4 Å². The van der Waals surface area contributed by atoms with E-state index >= 15 is 0 Å². The first kappa shape index (κ1) is 18.7. The van der Waals surface area contributed by atoms with E-state index in [9.17, 15) is 4.79 Å². The smallest absolute Gasteiger partial charge is 0.255 e. The first-order valence-corrected chi connectivity index (χ1v) is 6.97. The van der Waals surface area contributed by atoms with Gasteiger partial charge >= 0.3 is 0 Å². The summed E-state index contributed by atoms with van der Waals surface area (Å²) < 4.78 is 0. The Hall–Kier alpha value is -2.33. The van der Waals surface area contributed by atoms with Crippen molar-refractivity contribution in [3.63, 3.8) is 0 Å². The van der Waals surface area contributed by atoms with Gasteiger partial charge < -0.3 is 16.8 Å². The number of rotatable bonds is 5. The third kappa shape index (κ3) is 6.10. The molecular weight excluding hydrogens is 262 g/mol. The molecule has 0 radical (unpaired) electrons. The highest BCUT2D eigenvalue weighted by molar-refractivity contribution is 5.95. The van der Waals surface area contributed by atoms with Crippen LogP contribution in [-0.2, 0) is 6.54 Å². The molecule has 0 aliphatic heterocycles. The lowest BCUT2D eigenvalue weighted by Gasteiger charge is -2.10. The molecule has 1 aromatic rings. The van der Waals surface area contributed by atoms with Crippen LogP contribution in [-0.4, -0.2) is 5.91 Å². The number of nitrogens with two attached hydrogens (primary N) is 2. The molecule has 0 atom stereocenters. The Morgan fingerprint density at radius 3 is 2.29 bits per heavy atom. The number of amides is 1. The van der Waals surface area contributed by atoms with E-state index < -0.39 is 0 Å². The molecule has 0 spiro atoms. The Labute approximate surface area is 127 Å². The van der Waals surface area contributed by atoms with Gasteiger partial charge in [-0.15, -0.1) is 0 Å². The van der Waals surface area contributed by atoms with Gasteiger partial charge in [0.25, 0.3) is 5.91 Å². The molecule has 5 N–H and O–H groups in total. The van der Waals surface area contributed by atoms with Crippen molar-refractivity contribution >= 4 is 5.91 Å². The SMILES string of the molecule is C=C/C=C(N)\C(=C/C)NC(=O)c1ccc(CN)cc1.CC. The Bertz CT molecular complexity index is 513. The predicted molar refractivity (Wildman–Crippen MR) is 89.4 cm³/mol. The molecule has 0 aromatic heterocycles. The molecule has 4 heteroatoms. The Kier molecular flexibility index (Phi) is 9.30. The molecule has 4 nitrogen and oxygen atoms in total. The van der Waals surface area contributed by atoms with Gasteiger partial charge in [-0.25, -0.2) is 0 Å². The molecular formula is C17H25N3O. The van der Waals surface area contributed by atoms with E-state index in [4.69, 9.17) is 11.5 Å². The predicted octanol–water partition coefficient (Wildman–Crippen LogP) is 2.83. The van der Waals surface area contributed by atoms with Crippen molar-refractivity contribution in [1.29, 1.82) is 0 Å². The van der Waals surface area contributed by atoms with Crippen LogP contribution >= 0.6 is 0 Å². The second kappa shape index (κ2) is 10.5. The number of benzene rings is 1. The number of carbonyl (C=O) groups excluding carboxylic acids is 1. The minimum Gasteiger partial charge on any atom is -0.397 e. The fourth-order valence-corrected chi connectivity index (χ4v) is 1.51. The zero-order valence-corrected chi connectivity index (χ0v) is 13.0. The highest BCUT2D eigenvalue weighted by Gasteiger charge is 2.08. The number of allylic oxidation sites excluding steroid dienone is 3.